The SMILES string of the molecule is O=C(O)C(F)(F)F.O=C1CCCN1CCC1CCOC12CN(S(=O)(=O)c1cccnc1)C2. The van der Waals surface area contributed by atoms with Gasteiger partial charge in [-0.2, -0.15) is 17.5 Å². The molecule has 0 aromatic carbocycles. The van der Waals surface area contributed by atoms with Gasteiger partial charge < -0.3 is 14.7 Å². The van der Waals surface area contributed by atoms with Crippen molar-refractivity contribution in [3.63, 3.8) is 0 Å². The number of carbonyl (C=O) groups is 2. The maximum atomic E-state index is 12.6. The summed E-state index contributed by atoms with van der Waals surface area (Å²) in [5, 5.41) is 7.12. The third-order valence-electron chi connectivity index (χ3n) is 5.92. The molecule has 9 nitrogen and oxygen atoms in total. The van der Waals surface area contributed by atoms with Gasteiger partial charge in [0.2, 0.25) is 15.9 Å². The average molecular weight is 479 g/mol. The van der Waals surface area contributed by atoms with Crippen LogP contribution in [-0.4, -0.2) is 84.2 Å². The van der Waals surface area contributed by atoms with E-state index in [1.54, 1.807) is 18.3 Å². The Hall–Kier alpha value is -2.25. The molecule has 1 N–H and O–H groups in total. The zero-order valence-corrected chi connectivity index (χ0v) is 17.9. The first-order valence-electron chi connectivity index (χ1n) is 10.1. The molecule has 1 spiro atoms. The molecule has 0 aliphatic carbocycles. The number of aliphatic carboxylic acids is 1. The second-order valence-corrected chi connectivity index (χ2v) is 9.87. The highest BCUT2D eigenvalue weighted by Crippen LogP contribution is 2.43. The molecule has 3 fully saturated rings. The number of carbonyl (C=O) groups excluding carboxylic acids is 1. The average Bonchev–Trinajstić information content (AvgIpc) is 3.31. The first-order chi connectivity index (χ1) is 15.0. The summed E-state index contributed by atoms with van der Waals surface area (Å²) in [7, 11) is -3.50. The van der Waals surface area contributed by atoms with Crippen LogP contribution < -0.4 is 0 Å². The molecule has 0 bridgehead atoms. The number of likely N-dealkylation sites (tertiary alicyclic amines) is 1. The van der Waals surface area contributed by atoms with Gasteiger partial charge in [-0.15, -0.1) is 0 Å². The van der Waals surface area contributed by atoms with Gasteiger partial charge in [0.25, 0.3) is 0 Å². The van der Waals surface area contributed by atoms with Gasteiger partial charge in [-0.3, -0.25) is 9.78 Å². The van der Waals surface area contributed by atoms with Crippen LogP contribution in [0.25, 0.3) is 0 Å². The molecular formula is C19H24F3N3O6S. The minimum absolute atomic E-state index is 0.224. The Labute approximate surface area is 183 Å². The molecule has 3 saturated heterocycles. The molecule has 4 heterocycles. The van der Waals surface area contributed by atoms with Gasteiger partial charge in [-0.05, 0) is 37.3 Å². The van der Waals surface area contributed by atoms with Crippen LogP contribution in [0.2, 0.25) is 0 Å². The minimum atomic E-state index is -5.08. The van der Waals surface area contributed by atoms with Crippen LogP contribution in [0.3, 0.4) is 0 Å². The quantitative estimate of drug-likeness (QED) is 0.680. The number of sulfonamides is 1. The molecule has 13 heteroatoms. The predicted molar refractivity (Wildman–Crippen MR) is 104 cm³/mol. The number of amides is 1. The molecule has 178 valence electrons. The van der Waals surface area contributed by atoms with Gasteiger partial charge in [0.1, 0.15) is 4.90 Å². The Balaban J connectivity index is 0.000000360. The minimum Gasteiger partial charge on any atom is -0.475 e. The molecule has 4 rings (SSSR count). The Kier molecular flexibility index (Phi) is 7.10. The van der Waals surface area contributed by atoms with Gasteiger partial charge in [0.05, 0.1) is 5.60 Å². The lowest BCUT2D eigenvalue weighted by Gasteiger charge is -2.49. The molecule has 1 unspecified atom stereocenters. The van der Waals surface area contributed by atoms with Gasteiger partial charge >= 0.3 is 12.1 Å². The molecule has 1 amide bonds. The Morgan fingerprint density at radius 2 is 2.03 bits per heavy atom. The van der Waals surface area contributed by atoms with Gasteiger partial charge in [-0.25, -0.2) is 13.2 Å². The van der Waals surface area contributed by atoms with Crippen molar-refractivity contribution in [1.29, 1.82) is 0 Å². The second-order valence-electron chi connectivity index (χ2n) is 7.94. The number of aromatic nitrogens is 1. The Bertz CT molecular complexity index is 935. The van der Waals surface area contributed by atoms with Crippen LogP contribution in [0.15, 0.2) is 29.4 Å². The summed E-state index contributed by atoms with van der Waals surface area (Å²) in [6.45, 7) is 3.05. The summed E-state index contributed by atoms with van der Waals surface area (Å²) in [4.78, 5) is 26.7. The van der Waals surface area contributed by atoms with Gasteiger partial charge in [0, 0.05) is 51.6 Å². The van der Waals surface area contributed by atoms with Crippen molar-refractivity contribution in [3.8, 4) is 0 Å². The number of rotatable bonds is 5. The third kappa shape index (κ3) is 5.21. The highest BCUT2D eigenvalue weighted by molar-refractivity contribution is 7.89. The lowest BCUT2D eigenvalue weighted by atomic mass is 9.80. The highest BCUT2D eigenvalue weighted by atomic mass is 32.2. The fourth-order valence-corrected chi connectivity index (χ4v) is 5.68. The molecule has 3 aliphatic heterocycles. The van der Waals surface area contributed by atoms with Crippen LogP contribution in [-0.2, 0) is 24.3 Å². The number of alkyl halides is 3. The molecular weight excluding hydrogens is 455 g/mol. The molecule has 1 aromatic heterocycles. The maximum Gasteiger partial charge on any atom is 0.490 e. The highest BCUT2D eigenvalue weighted by Gasteiger charge is 2.56. The molecule has 0 radical (unpaired) electrons. The molecule has 0 saturated carbocycles. The Morgan fingerprint density at radius 1 is 1.34 bits per heavy atom. The molecule has 1 aromatic rings. The van der Waals surface area contributed by atoms with E-state index in [4.69, 9.17) is 14.6 Å². The monoisotopic (exact) mass is 479 g/mol. The largest absolute Gasteiger partial charge is 0.490 e. The zero-order chi connectivity index (χ0) is 23.6. The fourth-order valence-electron chi connectivity index (χ4n) is 4.16. The van der Waals surface area contributed by atoms with E-state index in [9.17, 15) is 26.4 Å². The smallest absolute Gasteiger partial charge is 0.475 e. The van der Waals surface area contributed by atoms with Gasteiger partial charge in [0.15, 0.2) is 0 Å². The molecule has 3 aliphatic rings. The normalized spacial score (nSPS) is 23.0. The number of carboxylic acids is 1. The van der Waals surface area contributed by atoms with E-state index in [0.717, 1.165) is 32.4 Å². The summed E-state index contributed by atoms with van der Waals surface area (Å²) in [6.07, 6.45) is 1.28. The van der Waals surface area contributed by atoms with Crippen LogP contribution >= 0.6 is 0 Å². The van der Waals surface area contributed by atoms with Crippen molar-refractivity contribution in [1.82, 2.24) is 14.2 Å². The standard InChI is InChI=1S/C17H23N3O4S.C2HF3O2/c21-16-4-2-8-19(16)9-5-14-6-10-24-17(14)12-20(13-17)25(22,23)15-3-1-7-18-11-15;3-2(4,5)1(6)7/h1,3,7,11,14H,2,4-6,8-10,12-13H2;(H,6,7). The number of nitrogens with zero attached hydrogens (tertiary/aromatic N) is 3. The van der Waals surface area contributed by atoms with Crippen molar-refractivity contribution in [2.75, 3.05) is 32.8 Å². The van der Waals surface area contributed by atoms with Crippen molar-refractivity contribution in [2.24, 2.45) is 5.92 Å². The number of hydrogen-bond donors (Lipinski definition) is 1. The summed E-state index contributed by atoms with van der Waals surface area (Å²) >= 11 is 0. The van der Waals surface area contributed by atoms with Crippen molar-refractivity contribution in [2.45, 2.75) is 42.4 Å². The van der Waals surface area contributed by atoms with E-state index in [0.29, 0.717) is 32.0 Å². The number of carboxylic acid groups (broad SMARTS) is 1. The topological polar surface area (TPSA) is 117 Å². The first-order valence-corrected chi connectivity index (χ1v) is 11.5. The van der Waals surface area contributed by atoms with E-state index in [-0.39, 0.29) is 16.4 Å². The van der Waals surface area contributed by atoms with Crippen molar-refractivity contribution < 1.29 is 41.0 Å². The van der Waals surface area contributed by atoms with Crippen molar-refractivity contribution in [3.05, 3.63) is 24.5 Å². The van der Waals surface area contributed by atoms with Crippen molar-refractivity contribution >= 4 is 21.9 Å². The maximum absolute atomic E-state index is 12.6. The van der Waals surface area contributed by atoms with Crippen LogP contribution in [0.5, 0.6) is 0 Å². The number of pyridine rings is 1. The third-order valence-corrected chi connectivity index (χ3v) is 7.70. The lowest BCUT2D eigenvalue weighted by molar-refractivity contribution is -0.192. The Morgan fingerprint density at radius 3 is 2.56 bits per heavy atom. The number of hydrogen-bond acceptors (Lipinski definition) is 6. The van der Waals surface area contributed by atoms with E-state index in [1.807, 2.05) is 4.90 Å². The van der Waals surface area contributed by atoms with E-state index in [2.05, 4.69) is 4.98 Å². The summed E-state index contributed by atoms with van der Waals surface area (Å²) in [6, 6.07) is 3.20. The van der Waals surface area contributed by atoms with E-state index in [1.165, 1.54) is 10.5 Å². The van der Waals surface area contributed by atoms with Crippen LogP contribution in [0.4, 0.5) is 13.2 Å². The van der Waals surface area contributed by atoms with E-state index >= 15 is 0 Å². The van der Waals surface area contributed by atoms with Gasteiger partial charge in [-0.1, -0.05) is 0 Å². The second kappa shape index (κ2) is 9.32. The van der Waals surface area contributed by atoms with E-state index < -0.39 is 22.2 Å². The number of ether oxygens (including phenoxy) is 1. The zero-order valence-electron chi connectivity index (χ0n) is 17.1. The predicted octanol–water partition coefficient (Wildman–Crippen LogP) is 1.51. The van der Waals surface area contributed by atoms with Crippen LogP contribution in [0, 0.1) is 5.92 Å². The lowest BCUT2D eigenvalue weighted by Crippen LogP contribution is -2.66. The summed E-state index contributed by atoms with van der Waals surface area (Å²) in [5.74, 6) is -2.21. The molecule has 32 heavy (non-hydrogen) atoms. The summed E-state index contributed by atoms with van der Waals surface area (Å²) < 4.78 is 64.5. The molecule has 1 atom stereocenters. The fraction of sp³-hybridized carbons (Fsp3) is 0.632. The van der Waals surface area contributed by atoms with Crippen LogP contribution in [0.1, 0.15) is 25.7 Å². The number of halogens is 3. The summed E-state index contributed by atoms with van der Waals surface area (Å²) in [5.41, 5.74) is -0.377. The first kappa shape index (κ1) is 24.4.